The van der Waals surface area contributed by atoms with Crippen LogP contribution in [0.1, 0.15) is 38.5 Å². The molecule has 1 aliphatic carbocycles. The van der Waals surface area contributed by atoms with E-state index in [4.69, 9.17) is 4.74 Å². The predicted octanol–water partition coefficient (Wildman–Crippen LogP) is 2.79. The number of carbonyl (C=O) groups excluding carboxylic acids is 1. The lowest BCUT2D eigenvalue weighted by atomic mass is 9.90. The van der Waals surface area contributed by atoms with Crippen molar-refractivity contribution in [3.8, 4) is 5.75 Å². The Labute approximate surface area is 163 Å². The van der Waals surface area contributed by atoms with Gasteiger partial charge in [-0.2, -0.15) is 0 Å². The van der Waals surface area contributed by atoms with Crippen LogP contribution < -0.4 is 9.64 Å². The lowest BCUT2D eigenvalue weighted by Crippen LogP contribution is -2.55. The molecule has 1 atom stereocenters. The Bertz CT molecular complexity index is 634. The quantitative estimate of drug-likeness (QED) is 0.813. The maximum atomic E-state index is 12.2. The number of likely N-dealkylation sites (tertiary alicyclic amines) is 1. The molecular formula is C22H33N3O2. The fraction of sp³-hybridized carbons (Fsp3) is 0.682. The summed E-state index contributed by atoms with van der Waals surface area (Å²) >= 11 is 0. The highest BCUT2D eigenvalue weighted by atomic mass is 16.5. The van der Waals surface area contributed by atoms with Crippen LogP contribution in [0.2, 0.25) is 0 Å². The Morgan fingerprint density at radius 1 is 0.926 bits per heavy atom. The molecule has 0 amide bonds. The number of Topliss-reactive ketones (excluding diaryl/α,β-unsaturated/α-hetero) is 1. The first-order valence-electron chi connectivity index (χ1n) is 10.6. The summed E-state index contributed by atoms with van der Waals surface area (Å²) in [7, 11) is 1.73. The monoisotopic (exact) mass is 371 g/mol. The summed E-state index contributed by atoms with van der Waals surface area (Å²) in [4.78, 5) is 19.8. The SMILES string of the molecule is COc1cccc(N2CCN(C3CCN([C@H]4CCCCC4=O)CC3)CC2)c1. The smallest absolute Gasteiger partial charge is 0.149 e. The van der Waals surface area contributed by atoms with E-state index in [0.29, 0.717) is 11.8 Å². The van der Waals surface area contributed by atoms with Crippen LogP contribution in [0.15, 0.2) is 24.3 Å². The Morgan fingerprint density at radius 3 is 2.41 bits per heavy atom. The number of ether oxygens (including phenoxy) is 1. The molecule has 1 saturated carbocycles. The van der Waals surface area contributed by atoms with E-state index >= 15 is 0 Å². The van der Waals surface area contributed by atoms with Crippen LogP contribution in [-0.2, 0) is 4.79 Å². The van der Waals surface area contributed by atoms with E-state index in [0.717, 1.165) is 64.3 Å². The molecule has 2 aliphatic heterocycles. The zero-order chi connectivity index (χ0) is 18.6. The van der Waals surface area contributed by atoms with Gasteiger partial charge in [0.1, 0.15) is 11.5 Å². The van der Waals surface area contributed by atoms with Crippen molar-refractivity contribution in [1.29, 1.82) is 0 Å². The largest absolute Gasteiger partial charge is 0.497 e. The van der Waals surface area contributed by atoms with Crippen LogP contribution in [0.3, 0.4) is 0 Å². The van der Waals surface area contributed by atoms with Gasteiger partial charge < -0.3 is 9.64 Å². The molecule has 0 spiro atoms. The second-order valence-corrected chi connectivity index (χ2v) is 8.22. The number of hydrogen-bond donors (Lipinski definition) is 0. The third-order valence-electron chi connectivity index (χ3n) is 6.71. The normalized spacial score (nSPS) is 26.3. The van der Waals surface area contributed by atoms with Crippen LogP contribution in [0.5, 0.6) is 5.75 Å². The lowest BCUT2D eigenvalue weighted by molar-refractivity contribution is -0.126. The van der Waals surface area contributed by atoms with Gasteiger partial charge in [-0.3, -0.25) is 14.6 Å². The Hall–Kier alpha value is -1.59. The van der Waals surface area contributed by atoms with E-state index in [-0.39, 0.29) is 6.04 Å². The van der Waals surface area contributed by atoms with E-state index in [1.54, 1.807) is 7.11 Å². The molecule has 1 aromatic carbocycles. The molecule has 2 saturated heterocycles. The molecule has 3 aliphatic rings. The fourth-order valence-electron chi connectivity index (χ4n) is 5.07. The van der Waals surface area contributed by atoms with Crippen LogP contribution in [-0.4, -0.2) is 74.0 Å². The molecule has 0 radical (unpaired) electrons. The van der Waals surface area contributed by atoms with Crippen molar-refractivity contribution in [2.45, 2.75) is 50.6 Å². The Balaban J connectivity index is 1.26. The van der Waals surface area contributed by atoms with Crippen LogP contribution >= 0.6 is 0 Å². The minimum atomic E-state index is 0.226. The predicted molar refractivity (Wildman–Crippen MR) is 109 cm³/mol. The summed E-state index contributed by atoms with van der Waals surface area (Å²) in [5.74, 6) is 1.42. The number of carbonyl (C=O) groups is 1. The second kappa shape index (κ2) is 8.61. The highest BCUT2D eigenvalue weighted by Gasteiger charge is 2.33. The average Bonchev–Trinajstić information content (AvgIpc) is 2.74. The van der Waals surface area contributed by atoms with Gasteiger partial charge in [0.15, 0.2) is 0 Å². The van der Waals surface area contributed by atoms with E-state index < -0.39 is 0 Å². The second-order valence-electron chi connectivity index (χ2n) is 8.22. The highest BCUT2D eigenvalue weighted by molar-refractivity contribution is 5.84. The summed E-state index contributed by atoms with van der Waals surface area (Å²) in [6.45, 7) is 6.60. The van der Waals surface area contributed by atoms with E-state index in [2.05, 4.69) is 32.9 Å². The molecule has 5 nitrogen and oxygen atoms in total. The summed E-state index contributed by atoms with van der Waals surface area (Å²) in [6.07, 6.45) is 6.64. The number of ketones is 1. The van der Waals surface area contributed by atoms with Crippen molar-refractivity contribution in [1.82, 2.24) is 9.80 Å². The van der Waals surface area contributed by atoms with Gasteiger partial charge in [0.25, 0.3) is 0 Å². The van der Waals surface area contributed by atoms with E-state index in [1.165, 1.54) is 24.9 Å². The summed E-state index contributed by atoms with van der Waals surface area (Å²) < 4.78 is 5.36. The van der Waals surface area contributed by atoms with Crippen LogP contribution in [0.4, 0.5) is 5.69 Å². The molecule has 5 heteroatoms. The molecule has 3 fully saturated rings. The first-order chi connectivity index (χ1) is 13.2. The maximum absolute atomic E-state index is 12.2. The molecule has 1 aromatic rings. The molecule has 4 rings (SSSR count). The van der Waals surface area contributed by atoms with Gasteiger partial charge in [-0.25, -0.2) is 0 Å². The summed E-state index contributed by atoms with van der Waals surface area (Å²) in [5.41, 5.74) is 1.26. The minimum Gasteiger partial charge on any atom is -0.497 e. The molecule has 2 heterocycles. The number of nitrogens with zero attached hydrogens (tertiary/aromatic N) is 3. The molecule has 0 aromatic heterocycles. The van der Waals surface area contributed by atoms with Crippen molar-refractivity contribution in [2.75, 3.05) is 51.3 Å². The highest BCUT2D eigenvalue weighted by Crippen LogP contribution is 2.27. The van der Waals surface area contributed by atoms with Gasteiger partial charge in [-0.1, -0.05) is 12.5 Å². The molecule has 0 N–H and O–H groups in total. The van der Waals surface area contributed by atoms with E-state index in [1.807, 2.05) is 6.07 Å². The topological polar surface area (TPSA) is 36.0 Å². The van der Waals surface area contributed by atoms with Crippen LogP contribution in [0.25, 0.3) is 0 Å². The number of rotatable bonds is 4. The Kier molecular flexibility index (Phi) is 5.98. The van der Waals surface area contributed by atoms with Crippen LogP contribution in [0, 0.1) is 0 Å². The standard InChI is InChI=1S/C22H33N3O2/c1-27-20-6-4-5-19(17-20)24-15-13-23(14-16-24)18-9-11-25(12-10-18)21-7-2-3-8-22(21)26/h4-6,17-18,21H,2-3,7-16H2,1H3/t21-/m0/s1. The zero-order valence-corrected chi connectivity index (χ0v) is 16.6. The van der Waals surface area contributed by atoms with Gasteiger partial charge >= 0.3 is 0 Å². The first kappa shape index (κ1) is 18.8. The maximum Gasteiger partial charge on any atom is 0.149 e. The minimum absolute atomic E-state index is 0.226. The van der Waals surface area contributed by atoms with Gasteiger partial charge in [-0.15, -0.1) is 0 Å². The van der Waals surface area contributed by atoms with Crippen molar-refractivity contribution < 1.29 is 9.53 Å². The fourth-order valence-corrected chi connectivity index (χ4v) is 5.07. The average molecular weight is 372 g/mol. The van der Waals surface area contributed by atoms with Crippen molar-refractivity contribution in [3.05, 3.63) is 24.3 Å². The molecule has 27 heavy (non-hydrogen) atoms. The van der Waals surface area contributed by atoms with Gasteiger partial charge in [0.05, 0.1) is 13.2 Å². The zero-order valence-electron chi connectivity index (χ0n) is 16.6. The summed E-state index contributed by atoms with van der Waals surface area (Å²) in [5, 5.41) is 0. The van der Waals surface area contributed by atoms with Gasteiger partial charge in [0, 0.05) is 63.5 Å². The first-order valence-corrected chi connectivity index (χ1v) is 10.6. The molecule has 0 bridgehead atoms. The summed E-state index contributed by atoms with van der Waals surface area (Å²) in [6, 6.07) is 9.30. The van der Waals surface area contributed by atoms with Gasteiger partial charge in [0.2, 0.25) is 0 Å². The van der Waals surface area contributed by atoms with Crippen molar-refractivity contribution >= 4 is 11.5 Å². The van der Waals surface area contributed by atoms with Gasteiger partial charge in [-0.05, 0) is 37.8 Å². The number of anilines is 1. The number of piperazine rings is 1. The Morgan fingerprint density at radius 2 is 1.70 bits per heavy atom. The van der Waals surface area contributed by atoms with Crippen molar-refractivity contribution in [3.63, 3.8) is 0 Å². The molecular weight excluding hydrogens is 338 g/mol. The van der Waals surface area contributed by atoms with Crippen molar-refractivity contribution in [2.24, 2.45) is 0 Å². The third kappa shape index (κ3) is 4.30. The number of hydrogen-bond acceptors (Lipinski definition) is 5. The number of methoxy groups -OCH3 is 1. The number of benzene rings is 1. The molecule has 0 unspecified atom stereocenters. The third-order valence-corrected chi connectivity index (χ3v) is 6.71. The van der Waals surface area contributed by atoms with E-state index in [9.17, 15) is 4.79 Å². The molecule has 148 valence electrons. The number of piperidine rings is 1. The lowest BCUT2D eigenvalue weighted by Gasteiger charge is -2.45.